The largest absolute Gasteiger partial charge is 0.573 e. The van der Waals surface area contributed by atoms with Gasteiger partial charge in [0.05, 0.1) is 17.1 Å². The van der Waals surface area contributed by atoms with Gasteiger partial charge >= 0.3 is 6.36 Å². The van der Waals surface area contributed by atoms with E-state index >= 15 is 0 Å². The number of anilines is 1. The molecule has 0 saturated carbocycles. The molecule has 0 amide bonds. The number of sulfonamides is 1. The number of guanidine groups is 1. The first-order valence-electron chi connectivity index (χ1n) is 7.08. The van der Waals surface area contributed by atoms with Crippen molar-refractivity contribution < 1.29 is 26.3 Å². The number of nitrogens with two attached hydrogens (primary N) is 2. The predicted octanol–water partition coefficient (Wildman–Crippen LogP) is 2.16. The van der Waals surface area contributed by atoms with Gasteiger partial charge in [0.1, 0.15) is 0 Å². The summed E-state index contributed by atoms with van der Waals surface area (Å²) in [4.78, 5) is 3.88. The highest BCUT2D eigenvalue weighted by Gasteiger charge is 2.32. The molecule has 7 nitrogen and oxygen atoms in total. The second kappa shape index (κ2) is 7.62. The zero-order valence-electron chi connectivity index (χ0n) is 13.2. The maximum atomic E-state index is 12.4. The first-order chi connectivity index (χ1) is 12.0. The Bertz CT molecular complexity index is 914. The molecule has 0 atom stereocenters. The molecular formula is C15H15F3N4O3S. The van der Waals surface area contributed by atoms with Gasteiger partial charge in [-0.05, 0) is 29.8 Å². The fourth-order valence-corrected chi connectivity index (χ4v) is 2.54. The number of nitrogens with one attached hydrogen (secondary N) is 1. The summed E-state index contributed by atoms with van der Waals surface area (Å²) in [5, 5.41) is 7.55. The van der Waals surface area contributed by atoms with E-state index in [0.29, 0.717) is 5.56 Å². The molecule has 0 fully saturated rings. The average molecular weight is 388 g/mol. The van der Waals surface area contributed by atoms with Gasteiger partial charge in [0.15, 0.2) is 11.7 Å². The van der Waals surface area contributed by atoms with E-state index in [-0.39, 0.29) is 23.1 Å². The highest BCUT2D eigenvalue weighted by molar-refractivity contribution is 7.89. The van der Waals surface area contributed by atoms with Crippen LogP contribution in [0.15, 0.2) is 58.4 Å². The van der Waals surface area contributed by atoms with Crippen molar-refractivity contribution in [3.8, 4) is 5.75 Å². The Kier molecular flexibility index (Phi) is 5.73. The van der Waals surface area contributed by atoms with Crippen molar-refractivity contribution in [3.05, 3.63) is 54.1 Å². The zero-order valence-corrected chi connectivity index (χ0v) is 14.0. The topological polar surface area (TPSA) is 120 Å². The normalized spacial score (nSPS) is 12.7. The van der Waals surface area contributed by atoms with Crippen LogP contribution in [0.4, 0.5) is 18.9 Å². The van der Waals surface area contributed by atoms with Crippen molar-refractivity contribution in [1.82, 2.24) is 0 Å². The number of alkyl halides is 3. The van der Waals surface area contributed by atoms with Crippen LogP contribution in [0.25, 0.3) is 0 Å². The minimum Gasteiger partial charge on any atom is -0.404 e. The number of primary sulfonamides is 1. The van der Waals surface area contributed by atoms with Crippen LogP contribution in [0, 0.1) is 0 Å². The molecule has 11 heteroatoms. The van der Waals surface area contributed by atoms with Gasteiger partial charge in [0, 0.05) is 0 Å². The van der Waals surface area contributed by atoms with Gasteiger partial charge in [-0.2, -0.15) is 0 Å². The van der Waals surface area contributed by atoms with Crippen LogP contribution in [0.1, 0.15) is 5.56 Å². The Balaban J connectivity index is 2.13. The Morgan fingerprint density at radius 3 is 2.50 bits per heavy atom. The number of aliphatic imine (C=N–C) groups is 1. The van der Waals surface area contributed by atoms with Crippen LogP contribution < -0.4 is 20.9 Å². The van der Waals surface area contributed by atoms with E-state index in [1.165, 1.54) is 36.4 Å². The summed E-state index contributed by atoms with van der Waals surface area (Å²) in [5.74, 6) is -0.640. The molecule has 0 aromatic heterocycles. The molecule has 0 bridgehead atoms. The third kappa shape index (κ3) is 5.93. The summed E-state index contributed by atoms with van der Waals surface area (Å²) < 4.78 is 63.7. The first-order valence-corrected chi connectivity index (χ1v) is 8.63. The molecule has 0 heterocycles. The maximum Gasteiger partial charge on any atom is 0.573 e. The van der Waals surface area contributed by atoms with Crippen LogP contribution in [0.5, 0.6) is 5.75 Å². The third-order valence-electron chi connectivity index (χ3n) is 3.03. The molecule has 0 radical (unpaired) electrons. The lowest BCUT2D eigenvalue weighted by molar-refractivity contribution is -0.274. The van der Waals surface area contributed by atoms with E-state index < -0.39 is 22.1 Å². The van der Waals surface area contributed by atoms with Crippen LogP contribution in [0.3, 0.4) is 0 Å². The Morgan fingerprint density at radius 2 is 1.85 bits per heavy atom. The van der Waals surface area contributed by atoms with Gasteiger partial charge < -0.3 is 15.8 Å². The SMILES string of the molecule is NC(=NCc1cccc(S(N)(=O)=O)c1)Nc1ccccc1OC(F)(F)F. The summed E-state index contributed by atoms with van der Waals surface area (Å²) in [6.07, 6.45) is -4.85. The molecule has 0 unspecified atom stereocenters. The minimum atomic E-state index is -4.85. The second-order valence-corrected chi connectivity index (χ2v) is 6.62. The van der Waals surface area contributed by atoms with E-state index in [4.69, 9.17) is 10.9 Å². The van der Waals surface area contributed by atoms with E-state index in [1.807, 2.05) is 0 Å². The van der Waals surface area contributed by atoms with Gasteiger partial charge in [0.25, 0.3) is 0 Å². The highest BCUT2D eigenvalue weighted by Crippen LogP contribution is 2.29. The lowest BCUT2D eigenvalue weighted by Gasteiger charge is -2.14. The van der Waals surface area contributed by atoms with Crippen LogP contribution in [0.2, 0.25) is 0 Å². The number of para-hydroxylation sites is 2. The molecule has 0 saturated heterocycles. The van der Waals surface area contributed by atoms with E-state index in [0.717, 1.165) is 6.07 Å². The van der Waals surface area contributed by atoms with E-state index in [9.17, 15) is 21.6 Å². The lowest BCUT2D eigenvalue weighted by atomic mass is 10.2. The highest BCUT2D eigenvalue weighted by atomic mass is 32.2. The van der Waals surface area contributed by atoms with Crippen molar-refractivity contribution in [2.45, 2.75) is 17.8 Å². The van der Waals surface area contributed by atoms with Gasteiger partial charge in [-0.25, -0.2) is 18.5 Å². The van der Waals surface area contributed by atoms with E-state index in [2.05, 4.69) is 15.0 Å². The molecule has 2 rings (SSSR count). The van der Waals surface area contributed by atoms with Crippen molar-refractivity contribution in [1.29, 1.82) is 0 Å². The average Bonchev–Trinajstić information content (AvgIpc) is 2.53. The second-order valence-electron chi connectivity index (χ2n) is 5.06. The molecule has 0 aliphatic heterocycles. The van der Waals surface area contributed by atoms with Gasteiger partial charge in [-0.1, -0.05) is 24.3 Å². The first kappa shape index (κ1) is 19.5. The number of hydrogen-bond donors (Lipinski definition) is 3. The Labute approximate surface area is 147 Å². The molecule has 0 spiro atoms. The maximum absolute atomic E-state index is 12.4. The lowest BCUT2D eigenvalue weighted by Crippen LogP contribution is -2.24. The van der Waals surface area contributed by atoms with Crippen molar-refractivity contribution in [3.63, 3.8) is 0 Å². The molecule has 5 N–H and O–H groups in total. The fourth-order valence-electron chi connectivity index (χ4n) is 1.96. The monoisotopic (exact) mass is 388 g/mol. The van der Waals surface area contributed by atoms with Crippen molar-refractivity contribution in [2.75, 3.05) is 5.32 Å². The summed E-state index contributed by atoms with van der Waals surface area (Å²) in [6, 6.07) is 11.1. The fraction of sp³-hybridized carbons (Fsp3) is 0.133. The summed E-state index contributed by atoms with van der Waals surface area (Å²) in [6.45, 7) is -0.00944. The number of nitrogens with zero attached hydrogens (tertiary/aromatic N) is 1. The number of rotatable bonds is 5. The minimum absolute atomic E-state index is 0.00944. The molecule has 2 aromatic carbocycles. The van der Waals surface area contributed by atoms with Crippen LogP contribution in [-0.4, -0.2) is 20.7 Å². The Morgan fingerprint density at radius 1 is 1.15 bits per heavy atom. The molecule has 2 aromatic rings. The number of ether oxygens (including phenoxy) is 1. The standard InChI is InChI=1S/C15H15F3N4O3S/c16-15(17,18)25-13-7-2-1-6-12(13)22-14(19)21-9-10-4-3-5-11(8-10)26(20,23)24/h1-8H,9H2,(H3,19,21,22)(H2,20,23,24). The molecule has 0 aliphatic rings. The van der Waals surface area contributed by atoms with Gasteiger partial charge in [-0.3, -0.25) is 0 Å². The predicted molar refractivity (Wildman–Crippen MR) is 89.9 cm³/mol. The van der Waals surface area contributed by atoms with Crippen molar-refractivity contribution in [2.24, 2.45) is 15.9 Å². The quantitative estimate of drug-likeness (QED) is 0.536. The Hall–Kier alpha value is -2.79. The number of benzene rings is 2. The molecular weight excluding hydrogens is 373 g/mol. The number of hydrogen-bond acceptors (Lipinski definition) is 4. The summed E-state index contributed by atoms with van der Waals surface area (Å²) >= 11 is 0. The molecule has 140 valence electrons. The zero-order chi connectivity index (χ0) is 19.4. The molecule has 0 aliphatic carbocycles. The smallest absolute Gasteiger partial charge is 0.404 e. The summed E-state index contributed by atoms with van der Waals surface area (Å²) in [5.41, 5.74) is 6.15. The summed E-state index contributed by atoms with van der Waals surface area (Å²) in [7, 11) is -3.85. The third-order valence-corrected chi connectivity index (χ3v) is 3.95. The van der Waals surface area contributed by atoms with Gasteiger partial charge in [0.2, 0.25) is 10.0 Å². The van der Waals surface area contributed by atoms with Crippen molar-refractivity contribution >= 4 is 21.7 Å². The number of halogens is 3. The van der Waals surface area contributed by atoms with E-state index in [1.54, 1.807) is 6.07 Å². The van der Waals surface area contributed by atoms with Gasteiger partial charge in [-0.15, -0.1) is 13.2 Å². The van der Waals surface area contributed by atoms with Crippen LogP contribution >= 0.6 is 0 Å². The van der Waals surface area contributed by atoms with Crippen LogP contribution in [-0.2, 0) is 16.6 Å². The molecule has 26 heavy (non-hydrogen) atoms.